The number of amides is 1. The first kappa shape index (κ1) is 14.3. The fraction of sp³-hybridized carbons (Fsp3) is 0.222. The molecular formula is C18H16N2O2. The van der Waals surface area contributed by atoms with Crippen molar-refractivity contribution in [3.63, 3.8) is 0 Å². The molecule has 0 spiro atoms. The summed E-state index contributed by atoms with van der Waals surface area (Å²) in [6.45, 7) is 0.660. The Hall–Kier alpha value is -2.64. The summed E-state index contributed by atoms with van der Waals surface area (Å²) in [5, 5.41) is 2.88. The molecule has 0 bridgehead atoms. The zero-order valence-electron chi connectivity index (χ0n) is 12.1. The van der Waals surface area contributed by atoms with E-state index in [-0.39, 0.29) is 12.0 Å². The molecular weight excluding hydrogens is 276 g/mol. The van der Waals surface area contributed by atoms with Crippen molar-refractivity contribution < 1.29 is 9.53 Å². The molecule has 3 rings (SSSR count). The molecule has 0 saturated carbocycles. The first-order valence-corrected chi connectivity index (χ1v) is 7.27. The van der Waals surface area contributed by atoms with Gasteiger partial charge in [0.15, 0.2) is 0 Å². The molecule has 1 amide bonds. The molecule has 1 fully saturated rings. The first-order chi connectivity index (χ1) is 10.8. The highest BCUT2D eigenvalue weighted by Crippen LogP contribution is 2.16. The number of aromatic nitrogens is 1. The van der Waals surface area contributed by atoms with E-state index < -0.39 is 0 Å². The second kappa shape index (κ2) is 6.88. The minimum Gasteiger partial charge on any atom is -0.368 e. The Morgan fingerprint density at radius 1 is 1.23 bits per heavy atom. The van der Waals surface area contributed by atoms with Crippen molar-refractivity contribution in [3.8, 4) is 11.8 Å². The van der Waals surface area contributed by atoms with Gasteiger partial charge >= 0.3 is 0 Å². The van der Waals surface area contributed by atoms with Crippen molar-refractivity contribution in [1.29, 1.82) is 0 Å². The molecule has 1 saturated heterocycles. The summed E-state index contributed by atoms with van der Waals surface area (Å²) in [6, 6.07) is 13.1. The van der Waals surface area contributed by atoms with Crippen LogP contribution in [-0.2, 0) is 9.53 Å². The van der Waals surface area contributed by atoms with Crippen molar-refractivity contribution in [3.05, 3.63) is 59.9 Å². The zero-order valence-corrected chi connectivity index (χ0v) is 12.1. The SMILES string of the molecule is O=C(Nc1cccc(C#Cc2ccccn2)c1)[C@H]1CCCO1. The third-order valence-electron chi connectivity index (χ3n) is 3.35. The van der Waals surface area contributed by atoms with Crippen LogP contribution in [-0.4, -0.2) is 23.6 Å². The zero-order chi connectivity index (χ0) is 15.2. The Kier molecular flexibility index (Phi) is 4.47. The molecule has 1 N–H and O–H groups in total. The van der Waals surface area contributed by atoms with Gasteiger partial charge < -0.3 is 10.1 Å². The summed E-state index contributed by atoms with van der Waals surface area (Å²) in [7, 11) is 0. The molecule has 2 heterocycles. The monoisotopic (exact) mass is 292 g/mol. The fourth-order valence-corrected chi connectivity index (χ4v) is 2.25. The first-order valence-electron chi connectivity index (χ1n) is 7.27. The summed E-state index contributed by atoms with van der Waals surface area (Å²) in [5.41, 5.74) is 2.28. The number of carbonyl (C=O) groups excluding carboxylic acids is 1. The lowest BCUT2D eigenvalue weighted by atomic mass is 10.2. The van der Waals surface area contributed by atoms with Crippen LogP contribution in [0.5, 0.6) is 0 Å². The van der Waals surface area contributed by atoms with Gasteiger partial charge in [0.05, 0.1) is 0 Å². The summed E-state index contributed by atoms with van der Waals surface area (Å²) < 4.78 is 5.37. The van der Waals surface area contributed by atoms with Gasteiger partial charge in [-0.3, -0.25) is 4.79 Å². The Morgan fingerprint density at radius 3 is 2.95 bits per heavy atom. The predicted molar refractivity (Wildman–Crippen MR) is 84.3 cm³/mol. The largest absolute Gasteiger partial charge is 0.368 e. The average Bonchev–Trinajstić information content (AvgIpc) is 3.09. The topological polar surface area (TPSA) is 51.2 Å². The standard InChI is InChI=1S/C18H16N2O2/c21-18(17-8-4-12-22-17)20-16-7-3-5-14(13-16)9-10-15-6-1-2-11-19-15/h1-3,5-7,11,13,17H,4,8,12H2,(H,20,21)/t17-/m1/s1. The number of benzene rings is 1. The third kappa shape index (κ3) is 3.72. The molecule has 1 aromatic carbocycles. The van der Waals surface area contributed by atoms with Gasteiger partial charge in [0, 0.05) is 24.1 Å². The Labute approximate surface area is 129 Å². The lowest BCUT2D eigenvalue weighted by Gasteiger charge is -2.10. The number of hydrogen-bond acceptors (Lipinski definition) is 3. The number of hydrogen-bond donors (Lipinski definition) is 1. The maximum atomic E-state index is 12.0. The highest BCUT2D eigenvalue weighted by atomic mass is 16.5. The van der Waals surface area contributed by atoms with Gasteiger partial charge in [0.25, 0.3) is 5.91 Å². The molecule has 0 aliphatic carbocycles. The van der Waals surface area contributed by atoms with Crippen molar-refractivity contribution in [2.45, 2.75) is 18.9 Å². The van der Waals surface area contributed by atoms with Gasteiger partial charge in [0.2, 0.25) is 0 Å². The van der Waals surface area contributed by atoms with Crippen LogP contribution < -0.4 is 5.32 Å². The van der Waals surface area contributed by atoms with Gasteiger partial charge in [-0.2, -0.15) is 0 Å². The lowest BCUT2D eigenvalue weighted by Crippen LogP contribution is -2.26. The summed E-state index contributed by atoms with van der Waals surface area (Å²) in [4.78, 5) is 16.2. The lowest BCUT2D eigenvalue weighted by molar-refractivity contribution is -0.124. The fourth-order valence-electron chi connectivity index (χ4n) is 2.25. The molecule has 22 heavy (non-hydrogen) atoms. The molecule has 2 aromatic rings. The van der Waals surface area contributed by atoms with E-state index in [1.165, 1.54) is 0 Å². The van der Waals surface area contributed by atoms with Crippen LogP contribution in [0.3, 0.4) is 0 Å². The van der Waals surface area contributed by atoms with Crippen LogP contribution in [0.15, 0.2) is 48.7 Å². The summed E-state index contributed by atoms with van der Waals surface area (Å²) >= 11 is 0. The molecule has 0 radical (unpaired) electrons. The molecule has 1 atom stereocenters. The number of pyridine rings is 1. The number of ether oxygens (including phenoxy) is 1. The van der Waals surface area contributed by atoms with E-state index in [1.54, 1.807) is 6.20 Å². The van der Waals surface area contributed by atoms with Crippen LogP contribution in [0.2, 0.25) is 0 Å². The van der Waals surface area contributed by atoms with E-state index in [0.29, 0.717) is 6.61 Å². The number of carbonyl (C=O) groups is 1. The highest BCUT2D eigenvalue weighted by Gasteiger charge is 2.23. The highest BCUT2D eigenvalue weighted by molar-refractivity contribution is 5.94. The quantitative estimate of drug-likeness (QED) is 0.866. The minimum atomic E-state index is -0.330. The van der Waals surface area contributed by atoms with E-state index >= 15 is 0 Å². The van der Waals surface area contributed by atoms with Crippen LogP contribution in [0.1, 0.15) is 24.1 Å². The smallest absolute Gasteiger partial charge is 0.253 e. The van der Waals surface area contributed by atoms with E-state index in [9.17, 15) is 4.79 Å². The van der Waals surface area contributed by atoms with E-state index in [0.717, 1.165) is 29.8 Å². The second-order valence-corrected chi connectivity index (χ2v) is 5.04. The summed E-state index contributed by atoms with van der Waals surface area (Å²) in [5.74, 6) is 5.96. The molecule has 4 heteroatoms. The van der Waals surface area contributed by atoms with E-state index in [1.807, 2.05) is 42.5 Å². The van der Waals surface area contributed by atoms with Gasteiger partial charge in [-0.25, -0.2) is 4.98 Å². The van der Waals surface area contributed by atoms with Gasteiger partial charge in [-0.05, 0) is 49.1 Å². The van der Waals surface area contributed by atoms with E-state index in [4.69, 9.17) is 4.74 Å². The number of anilines is 1. The van der Waals surface area contributed by atoms with Crippen molar-refractivity contribution in [1.82, 2.24) is 4.98 Å². The van der Waals surface area contributed by atoms with Crippen LogP contribution in [0.4, 0.5) is 5.69 Å². The number of nitrogens with one attached hydrogen (secondary N) is 1. The Balaban J connectivity index is 1.70. The normalized spacial score (nSPS) is 16.6. The van der Waals surface area contributed by atoms with Crippen molar-refractivity contribution in [2.24, 2.45) is 0 Å². The second-order valence-electron chi connectivity index (χ2n) is 5.04. The molecule has 110 valence electrons. The summed E-state index contributed by atoms with van der Waals surface area (Å²) in [6.07, 6.45) is 3.10. The third-order valence-corrected chi connectivity index (χ3v) is 3.35. The molecule has 1 aliphatic heterocycles. The predicted octanol–water partition coefficient (Wildman–Crippen LogP) is 2.60. The van der Waals surface area contributed by atoms with Crippen molar-refractivity contribution in [2.75, 3.05) is 11.9 Å². The minimum absolute atomic E-state index is 0.0904. The van der Waals surface area contributed by atoms with Crippen LogP contribution in [0.25, 0.3) is 0 Å². The maximum Gasteiger partial charge on any atom is 0.253 e. The molecule has 1 aromatic heterocycles. The Bertz CT molecular complexity index is 711. The van der Waals surface area contributed by atoms with Gasteiger partial charge in [0.1, 0.15) is 11.8 Å². The van der Waals surface area contributed by atoms with Gasteiger partial charge in [-0.15, -0.1) is 0 Å². The molecule has 1 aliphatic rings. The van der Waals surface area contributed by atoms with Crippen LogP contribution in [0, 0.1) is 11.8 Å². The molecule has 0 unspecified atom stereocenters. The number of nitrogens with zero attached hydrogens (tertiary/aromatic N) is 1. The molecule has 4 nitrogen and oxygen atoms in total. The Morgan fingerprint density at radius 2 is 2.18 bits per heavy atom. The van der Waals surface area contributed by atoms with Gasteiger partial charge in [-0.1, -0.05) is 18.1 Å². The average molecular weight is 292 g/mol. The van der Waals surface area contributed by atoms with Crippen molar-refractivity contribution >= 4 is 11.6 Å². The maximum absolute atomic E-state index is 12.0. The van der Waals surface area contributed by atoms with Crippen LogP contribution >= 0.6 is 0 Å². The van der Waals surface area contributed by atoms with E-state index in [2.05, 4.69) is 22.1 Å². The number of rotatable bonds is 2.